The van der Waals surface area contributed by atoms with Crippen LogP contribution in [-0.4, -0.2) is 28.7 Å². The smallest absolute Gasteiger partial charge is 0.165 e. The van der Waals surface area contributed by atoms with E-state index in [-0.39, 0.29) is 0 Å². The second-order valence-corrected chi connectivity index (χ2v) is 19.1. The van der Waals surface area contributed by atoms with E-state index < -0.39 is 0 Å². The lowest BCUT2D eigenvalue weighted by atomic mass is 9.90. The highest BCUT2D eigenvalue weighted by Crippen LogP contribution is 2.47. The summed E-state index contributed by atoms with van der Waals surface area (Å²) in [6.45, 7) is 0. The second-order valence-electron chi connectivity index (χ2n) is 19.1. The summed E-state index contributed by atoms with van der Waals surface area (Å²) in [5.74, 6) is 1.82. The van der Waals surface area contributed by atoms with Crippen molar-refractivity contribution in [2.45, 2.75) is 0 Å². The lowest BCUT2D eigenvalue weighted by Crippen LogP contribution is -2.04. The zero-order chi connectivity index (χ0) is 49.4. The van der Waals surface area contributed by atoms with Gasteiger partial charge < -0.3 is 13.7 Å². The van der Waals surface area contributed by atoms with Crippen LogP contribution in [0.25, 0.3) is 139 Å². The highest BCUT2D eigenvalue weighted by molar-refractivity contribution is 6.26. The normalized spacial score (nSPS) is 11.7. The molecule has 350 valence electrons. The van der Waals surface area contributed by atoms with Crippen molar-refractivity contribution in [3.63, 3.8) is 0 Å². The Hall–Kier alpha value is -10.2. The minimum atomic E-state index is 0.596. The number of aromatic nitrogens is 6. The standard InChI is InChI=1S/C69H44N6/c1-6-22-45(23-7-1)56-43-51(44-57(46-24-8-2-9-25-46)64(56)69-71-67(47-26-10-3-11-27-47)70-68(72-69)48-28-12-4-13-29-48)75-62-40-38-50(74-59-35-19-16-32-52(59)53-33-17-20-36-60(53)74)42-58(62)54-39-41-63-65(66(54)75)55-34-18-21-37-61(55)73(63)49-30-14-5-15-31-49/h1-44H. The van der Waals surface area contributed by atoms with E-state index in [1.54, 1.807) is 0 Å². The molecule has 4 heterocycles. The average molecular weight is 957 g/mol. The van der Waals surface area contributed by atoms with Gasteiger partial charge in [-0.1, -0.05) is 200 Å². The third-order valence-electron chi connectivity index (χ3n) is 14.9. The minimum absolute atomic E-state index is 0.596. The lowest BCUT2D eigenvalue weighted by Gasteiger charge is -2.20. The molecule has 0 amide bonds. The fourth-order valence-corrected chi connectivity index (χ4v) is 11.6. The van der Waals surface area contributed by atoms with Gasteiger partial charge in [0, 0.05) is 66.1 Å². The number of nitrogens with zero attached hydrogens (tertiary/aromatic N) is 6. The maximum Gasteiger partial charge on any atom is 0.165 e. The highest BCUT2D eigenvalue weighted by atomic mass is 15.0. The van der Waals surface area contributed by atoms with Gasteiger partial charge in [0.25, 0.3) is 0 Å². The predicted octanol–water partition coefficient (Wildman–Crippen LogP) is 17.5. The van der Waals surface area contributed by atoms with Crippen LogP contribution in [0.3, 0.4) is 0 Å². The number of para-hydroxylation sites is 4. The lowest BCUT2D eigenvalue weighted by molar-refractivity contribution is 1.07. The van der Waals surface area contributed by atoms with E-state index in [2.05, 4.69) is 244 Å². The first-order chi connectivity index (χ1) is 37.2. The summed E-state index contributed by atoms with van der Waals surface area (Å²) in [6.07, 6.45) is 0. The number of benzene rings is 11. The molecule has 6 heteroatoms. The Morgan fingerprint density at radius 3 is 1.20 bits per heavy atom. The van der Waals surface area contributed by atoms with Crippen molar-refractivity contribution >= 4 is 65.4 Å². The fraction of sp³-hybridized carbons (Fsp3) is 0. The SMILES string of the molecule is c1ccc(-c2nc(-c3ccccc3)nc(-c3c(-c4ccccc4)cc(-n4c5ccc(-n6c7ccccc7c7ccccc76)cc5c5ccc6c(c7ccccc7n6-c6ccccc6)c54)cc3-c3ccccc3)n2)cc1. The van der Waals surface area contributed by atoms with Crippen molar-refractivity contribution in [3.8, 4) is 73.5 Å². The van der Waals surface area contributed by atoms with Gasteiger partial charge in [0.05, 0.1) is 33.1 Å². The summed E-state index contributed by atoms with van der Waals surface area (Å²) in [5, 5.41) is 7.16. The Kier molecular flexibility index (Phi) is 9.78. The molecule has 0 saturated carbocycles. The van der Waals surface area contributed by atoms with E-state index in [9.17, 15) is 0 Å². The molecule has 0 aliphatic heterocycles. The predicted molar refractivity (Wildman–Crippen MR) is 310 cm³/mol. The fourth-order valence-electron chi connectivity index (χ4n) is 11.6. The van der Waals surface area contributed by atoms with Crippen molar-refractivity contribution in [3.05, 3.63) is 267 Å². The summed E-state index contributed by atoms with van der Waals surface area (Å²) in [7, 11) is 0. The Morgan fingerprint density at radius 1 is 0.240 bits per heavy atom. The first-order valence-corrected chi connectivity index (χ1v) is 25.4. The molecule has 6 nitrogen and oxygen atoms in total. The first-order valence-electron chi connectivity index (χ1n) is 25.4. The third-order valence-corrected chi connectivity index (χ3v) is 14.9. The van der Waals surface area contributed by atoms with Gasteiger partial charge in [-0.05, 0) is 89.0 Å². The van der Waals surface area contributed by atoms with Gasteiger partial charge in [-0.15, -0.1) is 0 Å². The van der Waals surface area contributed by atoms with Gasteiger partial charge in [-0.3, -0.25) is 0 Å². The first kappa shape index (κ1) is 42.5. The topological polar surface area (TPSA) is 53.5 Å². The Balaban J connectivity index is 1.09. The molecular weight excluding hydrogens is 913 g/mol. The molecular formula is C69H44N6. The van der Waals surface area contributed by atoms with Crippen molar-refractivity contribution in [1.82, 2.24) is 28.7 Å². The van der Waals surface area contributed by atoms with Crippen LogP contribution in [0.1, 0.15) is 0 Å². The number of fused-ring (bicyclic) bond motifs is 10. The largest absolute Gasteiger partial charge is 0.309 e. The molecule has 0 spiro atoms. The summed E-state index contributed by atoms with van der Waals surface area (Å²) in [6, 6.07) is 95.4. The van der Waals surface area contributed by atoms with Crippen molar-refractivity contribution in [1.29, 1.82) is 0 Å². The molecule has 0 radical (unpaired) electrons. The Morgan fingerprint density at radius 2 is 0.653 bits per heavy atom. The molecule has 0 bridgehead atoms. The Labute approximate surface area is 432 Å². The maximum absolute atomic E-state index is 5.41. The van der Waals surface area contributed by atoms with E-state index in [0.717, 1.165) is 83.5 Å². The van der Waals surface area contributed by atoms with Gasteiger partial charge in [0.1, 0.15) is 0 Å². The summed E-state index contributed by atoms with van der Waals surface area (Å²) < 4.78 is 7.36. The molecule has 0 aliphatic carbocycles. The van der Waals surface area contributed by atoms with E-state index in [4.69, 9.17) is 15.0 Å². The molecule has 0 aliphatic rings. The molecule has 75 heavy (non-hydrogen) atoms. The molecule has 15 aromatic rings. The zero-order valence-electron chi connectivity index (χ0n) is 40.6. The summed E-state index contributed by atoms with van der Waals surface area (Å²) >= 11 is 0. The molecule has 0 unspecified atom stereocenters. The molecule has 0 saturated heterocycles. The monoisotopic (exact) mass is 956 g/mol. The zero-order valence-corrected chi connectivity index (χ0v) is 40.6. The summed E-state index contributed by atoms with van der Waals surface area (Å²) in [4.78, 5) is 16.0. The maximum atomic E-state index is 5.41. The minimum Gasteiger partial charge on any atom is -0.309 e. The Bertz CT molecular complexity index is 4500. The number of rotatable bonds is 8. The van der Waals surface area contributed by atoms with E-state index in [1.807, 2.05) is 36.4 Å². The highest BCUT2D eigenvalue weighted by Gasteiger charge is 2.26. The quantitative estimate of drug-likeness (QED) is 0.152. The van der Waals surface area contributed by atoms with Crippen LogP contribution in [0.5, 0.6) is 0 Å². The van der Waals surface area contributed by atoms with Gasteiger partial charge in [0.2, 0.25) is 0 Å². The van der Waals surface area contributed by atoms with E-state index in [1.165, 1.54) is 38.0 Å². The van der Waals surface area contributed by atoms with E-state index >= 15 is 0 Å². The summed E-state index contributed by atoms with van der Waals surface area (Å²) in [5.41, 5.74) is 17.0. The van der Waals surface area contributed by atoms with Crippen LogP contribution in [0, 0.1) is 0 Å². The molecule has 15 rings (SSSR count). The van der Waals surface area contributed by atoms with Crippen molar-refractivity contribution in [2.24, 2.45) is 0 Å². The number of hydrogen-bond acceptors (Lipinski definition) is 3. The van der Waals surface area contributed by atoms with Gasteiger partial charge in [-0.2, -0.15) is 0 Å². The van der Waals surface area contributed by atoms with Gasteiger partial charge in [0.15, 0.2) is 17.5 Å². The molecule has 0 fully saturated rings. The molecule has 11 aromatic carbocycles. The van der Waals surface area contributed by atoms with Crippen LogP contribution in [-0.2, 0) is 0 Å². The van der Waals surface area contributed by atoms with E-state index in [0.29, 0.717) is 17.5 Å². The van der Waals surface area contributed by atoms with Gasteiger partial charge in [-0.25, -0.2) is 15.0 Å². The number of hydrogen-bond donors (Lipinski definition) is 0. The van der Waals surface area contributed by atoms with Crippen molar-refractivity contribution in [2.75, 3.05) is 0 Å². The van der Waals surface area contributed by atoms with Gasteiger partial charge >= 0.3 is 0 Å². The second kappa shape index (κ2) is 17.3. The molecule has 0 atom stereocenters. The van der Waals surface area contributed by atoms with Crippen LogP contribution in [0.2, 0.25) is 0 Å². The molecule has 4 aromatic heterocycles. The van der Waals surface area contributed by atoms with Crippen LogP contribution in [0.4, 0.5) is 0 Å². The van der Waals surface area contributed by atoms with Crippen LogP contribution < -0.4 is 0 Å². The van der Waals surface area contributed by atoms with Crippen molar-refractivity contribution < 1.29 is 0 Å². The molecule has 0 N–H and O–H groups in total. The average Bonchev–Trinajstić information content (AvgIpc) is 4.13. The van der Waals surface area contributed by atoms with Crippen LogP contribution in [0.15, 0.2) is 267 Å². The third kappa shape index (κ3) is 6.84. The van der Waals surface area contributed by atoms with Crippen LogP contribution >= 0.6 is 0 Å².